The number of carbonyl (C=O) groups is 1. The number of rotatable bonds is 6. The lowest BCUT2D eigenvalue weighted by molar-refractivity contribution is -0.122. The van der Waals surface area contributed by atoms with Gasteiger partial charge in [0.15, 0.2) is 0 Å². The summed E-state index contributed by atoms with van der Waals surface area (Å²) in [4.78, 5) is 12.4. The SMILES string of the molecule is COc1ccc(N([C@@H](C)C(=O)NC2CCCC2)S(C)(=O)=O)cc1. The van der Waals surface area contributed by atoms with E-state index in [0.29, 0.717) is 11.4 Å². The molecule has 0 spiro atoms. The van der Waals surface area contributed by atoms with E-state index < -0.39 is 16.1 Å². The van der Waals surface area contributed by atoms with Gasteiger partial charge in [-0.3, -0.25) is 9.10 Å². The normalized spacial score (nSPS) is 16.8. The molecule has 1 saturated carbocycles. The molecule has 0 radical (unpaired) electrons. The molecule has 1 aromatic rings. The number of anilines is 1. The van der Waals surface area contributed by atoms with E-state index in [0.717, 1.165) is 36.2 Å². The lowest BCUT2D eigenvalue weighted by atomic mass is 10.2. The van der Waals surface area contributed by atoms with Gasteiger partial charge in [0, 0.05) is 6.04 Å². The van der Waals surface area contributed by atoms with Crippen molar-refractivity contribution in [1.82, 2.24) is 5.32 Å². The van der Waals surface area contributed by atoms with Crippen LogP contribution < -0.4 is 14.4 Å². The van der Waals surface area contributed by atoms with Gasteiger partial charge in [0.1, 0.15) is 11.8 Å². The lowest BCUT2D eigenvalue weighted by Crippen LogP contribution is -2.49. The van der Waals surface area contributed by atoms with Gasteiger partial charge in [-0.2, -0.15) is 0 Å². The molecule has 128 valence electrons. The van der Waals surface area contributed by atoms with Gasteiger partial charge in [-0.25, -0.2) is 8.42 Å². The summed E-state index contributed by atoms with van der Waals surface area (Å²) in [5.41, 5.74) is 0.447. The summed E-state index contributed by atoms with van der Waals surface area (Å²) >= 11 is 0. The van der Waals surface area contributed by atoms with E-state index in [1.165, 1.54) is 0 Å². The van der Waals surface area contributed by atoms with Crippen LogP contribution in [0.5, 0.6) is 5.75 Å². The first-order chi connectivity index (χ1) is 10.8. The number of methoxy groups -OCH3 is 1. The highest BCUT2D eigenvalue weighted by atomic mass is 32.2. The minimum atomic E-state index is -3.58. The minimum absolute atomic E-state index is 0.155. The number of nitrogens with one attached hydrogen (secondary N) is 1. The van der Waals surface area contributed by atoms with Crippen molar-refractivity contribution < 1.29 is 17.9 Å². The highest BCUT2D eigenvalue weighted by molar-refractivity contribution is 7.92. The summed E-state index contributed by atoms with van der Waals surface area (Å²) in [7, 11) is -2.04. The third-order valence-electron chi connectivity index (χ3n) is 4.12. The zero-order valence-electron chi connectivity index (χ0n) is 13.8. The number of sulfonamides is 1. The van der Waals surface area contributed by atoms with E-state index in [9.17, 15) is 13.2 Å². The van der Waals surface area contributed by atoms with E-state index in [1.54, 1.807) is 38.3 Å². The molecular formula is C16H24N2O4S. The van der Waals surface area contributed by atoms with Crippen molar-refractivity contribution in [3.8, 4) is 5.75 Å². The van der Waals surface area contributed by atoms with Gasteiger partial charge in [0.2, 0.25) is 15.9 Å². The fraction of sp³-hybridized carbons (Fsp3) is 0.562. The molecule has 0 heterocycles. The van der Waals surface area contributed by atoms with Crippen molar-refractivity contribution in [2.45, 2.75) is 44.7 Å². The minimum Gasteiger partial charge on any atom is -0.497 e. The zero-order valence-corrected chi connectivity index (χ0v) is 14.6. The van der Waals surface area contributed by atoms with Gasteiger partial charge in [-0.05, 0) is 44.0 Å². The second kappa shape index (κ2) is 7.21. The van der Waals surface area contributed by atoms with Gasteiger partial charge >= 0.3 is 0 Å². The van der Waals surface area contributed by atoms with E-state index in [-0.39, 0.29) is 11.9 Å². The number of hydrogen-bond donors (Lipinski definition) is 1. The molecular weight excluding hydrogens is 316 g/mol. The lowest BCUT2D eigenvalue weighted by Gasteiger charge is -2.29. The summed E-state index contributed by atoms with van der Waals surface area (Å²) in [5.74, 6) is 0.364. The zero-order chi connectivity index (χ0) is 17.0. The fourth-order valence-corrected chi connectivity index (χ4v) is 4.10. The number of ether oxygens (including phenoxy) is 1. The predicted octanol–water partition coefficient (Wildman–Crippen LogP) is 1.91. The average Bonchev–Trinajstić information content (AvgIpc) is 2.99. The molecule has 23 heavy (non-hydrogen) atoms. The molecule has 0 aliphatic heterocycles. The molecule has 2 rings (SSSR count). The van der Waals surface area contributed by atoms with Crippen molar-refractivity contribution in [1.29, 1.82) is 0 Å². The van der Waals surface area contributed by atoms with Gasteiger partial charge in [-0.1, -0.05) is 12.8 Å². The fourth-order valence-electron chi connectivity index (χ4n) is 2.93. The number of benzene rings is 1. The Labute approximate surface area is 137 Å². The van der Waals surface area contributed by atoms with Crippen LogP contribution in [0.3, 0.4) is 0 Å². The second-order valence-corrected chi connectivity index (χ2v) is 7.78. The van der Waals surface area contributed by atoms with E-state index in [4.69, 9.17) is 4.74 Å². The van der Waals surface area contributed by atoms with Gasteiger partial charge in [0.05, 0.1) is 19.1 Å². The Balaban J connectivity index is 2.21. The molecule has 0 bridgehead atoms. The van der Waals surface area contributed by atoms with Gasteiger partial charge in [0.25, 0.3) is 0 Å². The van der Waals surface area contributed by atoms with Crippen molar-refractivity contribution in [3.63, 3.8) is 0 Å². The first-order valence-corrected chi connectivity index (χ1v) is 9.61. The molecule has 1 aromatic carbocycles. The molecule has 6 nitrogen and oxygen atoms in total. The first kappa shape index (κ1) is 17.6. The second-order valence-electron chi connectivity index (χ2n) is 5.92. The molecule has 1 amide bonds. The largest absolute Gasteiger partial charge is 0.497 e. The van der Waals surface area contributed by atoms with Crippen LogP contribution in [-0.4, -0.2) is 39.8 Å². The topological polar surface area (TPSA) is 75.7 Å². The van der Waals surface area contributed by atoms with Crippen molar-refractivity contribution in [3.05, 3.63) is 24.3 Å². The van der Waals surface area contributed by atoms with Crippen molar-refractivity contribution in [2.24, 2.45) is 0 Å². The Kier molecular flexibility index (Phi) is 5.51. The maximum atomic E-state index is 12.4. The van der Waals surface area contributed by atoms with Crippen LogP contribution in [-0.2, 0) is 14.8 Å². The Bertz CT molecular complexity index is 637. The van der Waals surface area contributed by atoms with Crippen molar-refractivity contribution >= 4 is 21.6 Å². The molecule has 0 aromatic heterocycles. The van der Waals surface area contributed by atoms with Crippen LogP contribution in [0.2, 0.25) is 0 Å². The van der Waals surface area contributed by atoms with Crippen molar-refractivity contribution in [2.75, 3.05) is 17.7 Å². The van der Waals surface area contributed by atoms with Crippen LogP contribution >= 0.6 is 0 Å². The van der Waals surface area contributed by atoms with Gasteiger partial charge < -0.3 is 10.1 Å². The Hall–Kier alpha value is -1.76. The molecule has 1 fully saturated rings. The molecule has 1 aliphatic rings. The van der Waals surface area contributed by atoms with E-state index in [1.807, 2.05) is 0 Å². The van der Waals surface area contributed by atoms with Crippen LogP contribution in [0.15, 0.2) is 24.3 Å². The van der Waals surface area contributed by atoms with E-state index in [2.05, 4.69) is 5.32 Å². The Morgan fingerprint density at radius 3 is 2.30 bits per heavy atom. The van der Waals surface area contributed by atoms with Crippen LogP contribution in [0.4, 0.5) is 5.69 Å². The third-order valence-corrected chi connectivity index (χ3v) is 5.36. The summed E-state index contributed by atoms with van der Waals surface area (Å²) in [6.45, 7) is 1.61. The van der Waals surface area contributed by atoms with Crippen LogP contribution in [0.25, 0.3) is 0 Å². The average molecular weight is 340 g/mol. The Morgan fingerprint density at radius 2 is 1.83 bits per heavy atom. The predicted molar refractivity (Wildman–Crippen MR) is 90.2 cm³/mol. The summed E-state index contributed by atoms with van der Waals surface area (Å²) in [6.07, 6.45) is 5.23. The number of nitrogens with zero attached hydrogens (tertiary/aromatic N) is 1. The van der Waals surface area contributed by atoms with Crippen LogP contribution in [0.1, 0.15) is 32.6 Å². The number of carbonyl (C=O) groups excluding carboxylic acids is 1. The van der Waals surface area contributed by atoms with Crippen LogP contribution in [0, 0.1) is 0 Å². The maximum Gasteiger partial charge on any atom is 0.243 e. The molecule has 7 heteroatoms. The number of hydrogen-bond acceptors (Lipinski definition) is 4. The molecule has 1 atom stereocenters. The highest BCUT2D eigenvalue weighted by Gasteiger charge is 2.30. The molecule has 0 unspecified atom stereocenters. The maximum absolute atomic E-state index is 12.4. The quantitative estimate of drug-likeness (QED) is 0.858. The molecule has 0 saturated heterocycles. The summed E-state index contributed by atoms with van der Waals surface area (Å²) in [5, 5.41) is 2.95. The Morgan fingerprint density at radius 1 is 1.26 bits per heavy atom. The molecule has 1 aliphatic carbocycles. The highest BCUT2D eigenvalue weighted by Crippen LogP contribution is 2.24. The van der Waals surface area contributed by atoms with Gasteiger partial charge in [-0.15, -0.1) is 0 Å². The molecule has 1 N–H and O–H groups in total. The number of amides is 1. The monoisotopic (exact) mass is 340 g/mol. The summed E-state index contributed by atoms with van der Waals surface area (Å²) in [6, 6.07) is 5.98. The third kappa shape index (κ3) is 4.37. The smallest absolute Gasteiger partial charge is 0.243 e. The van der Waals surface area contributed by atoms with E-state index >= 15 is 0 Å². The standard InChI is InChI=1S/C16H24N2O4S/c1-12(16(19)17-13-6-4-5-7-13)18(23(3,20)21)14-8-10-15(22-2)11-9-14/h8-13H,4-7H2,1-3H3,(H,17,19)/t12-/m0/s1. The summed E-state index contributed by atoms with van der Waals surface area (Å²) < 4.78 is 30.6. The first-order valence-electron chi connectivity index (χ1n) is 7.77.